The Bertz CT molecular complexity index is 439. The molecule has 0 aromatic heterocycles. The molecule has 0 N–H and O–H groups in total. The Morgan fingerprint density at radius 1 is 1.33 bits per heavy atom. The van der Waals surface area contributed by atoms with Crippen molar-refractivity contribution in [2.45, 2.75) is 38.5 Å². The first-order valence-corrected chi connectivity index (χ1v) is 6.07. The molecule has 2 rings (SSSR count). The molecule has 1 aromatic rings. The Morgan fingerprint density at radius 2 is 2.00 bits per heavy atom. The maximum atomic E-state index is 9.33. The van der Waals surface area contributed by atoms with Gasteiger partial charge in [-0.15, -0.1) is 0 Å². The first-order valence-electron chi connectivity index (χ1n) is 5.27. The second-order valence-electron chi connectivity index (χ2n) is 4.49. The van der Waals surface area contributed by atoms with Gasteiger partial charge in [-0.05, 0) is 44.2 Å². The second-order valence-corrected chi connectivity index (χ2v) is 5.28. The largest absolute Gasteiger partial charge is 0.197 e. The maximum absolute atomic E-state index is 9.33. The number of hydrogen-bond donors (Lipinski definition) is 0. The first kappa shape index (κ1) is 10.7. The molecule has 1 saturated carbocycles. The highest BCUT2D eigenvalue weighted by molar-refractivity contribution is 9.10. The maximum Gasteiger partial charge on any atom is 0.0833 e. The van der Waals surface area contributed by atoms with Crippen molar-refractivity contribution in [2.24, 2.45) is 0 Å². The van der Waals surface area contributed by atoms with Crippen LogP contribution in [0.2, 0.25) is 0 Å². The first-order chi connectivity index (χ1) is 7.09. The molecule has 1 aliphatic rings. The fourth-order valence-electron chi connectivity index (χ4n) is 2.27. The Kier molecular flexibility index (Phi) is 2.60. The lowest BCUT2D eigenvalue weighted by Gasteiger charge is -2.37. The van der Waals surface area contributed by atoms with Crippen molar-refractivity contribution in [2.75, 3.05) is 0 Å². The summed E-state index contributed by atoms with van der Waals surface area (Å²) in [5.41, 5.74) is 3.45. The van der Waals surface area contributed by atoms with Crippen LogP contribution in [0.5, 0.6) is 0 Å². The van der Waals surface area contributed by atoms with E-state index in [0.717, 1.165) is 17.3 Å². The molecule has 15 heavy (non-hydrogen) atoms. The van der Waals surface area contributed by atoms with E-state index in [1.807, 2.05) is 0 Å². The van der Waals surface area contributed by atoms with Gasteiger partial charge in [0.1, 0.15) is 0 Å². The molecule has 0 radical (unpaired) electrons. The molecule has 0 saturated heterocycles. The number of benzene rings is 1. The zero-order chi connectivity index (χ0) is 11.1. The van der Waals surface area contributed by atoms with Crippen molar-refractivity contribution < 1.29 is 0 Å². The summed E-state index contributed by atoms with van der Waals surface area (Å²) >= 11 is 3.61. The normalized spacial score (nSPS) is 18.0. The summed E-state index contributed by atoms with van der Waals surface area (Å²) in [6, 6.07) is 6.80. The van der Waals surface area contributed by atoms with E-state index in [4.69, 9.17) is 0 Å². The van der Waals surface area contributed by atoms with Crippen LogP contribution >= 0.6 is 15.9 Å². The lowest BCUT2D eigenvalue weighted by molar-refractivity contribution is 0.322. The second kappa shape index (κ2) is 3.64. The van der Waals surface area contributed by atoms with E-state index in [0.29, 0.717) is 0 Å². The van der Waals surface area contributed by atoms with Crippen LogP contribution in [0.25, 0.3) is 0 Å². The topological polar surface area (TPSA) is 23.8 Å². The summed E-state index contributed by atoms with van der Waals surface area (Å²) < 4.78 is 1.12. The molecule has 0 atom stereocenters. The zero-order valence-corrected chi connectivity index (χ0v) is 10.7. The van der Waals surface area contributed by atoms with Crippen molar-refractivity contribution >= 4 is 15.9 Å². The number of hydrogen-bond acceptors (Lipinski definition) is 1. The van der Waals surface area contributed by atoms with Crippen LogP contribution in [-0.4, -0.2) is 0 Å². The molecule has 1 fully saturated rings. The van der Waals surface area contributed by atoms with Gasteiger partial charge in [-0.25, -0.2) is 0 Å². The van der Waals surface area contributed by atoms with Crippen LogP contribution in [0.15, 0.2) is 16.6 Å². The monoisotopic (exact) mass is 263 g/mol. The molecule has 1 nitrogen and oxygen atoms in total. The third-order valence-corrected chi connectivity index (χ3v) is 4.39. The molecular formula is C13H14BrN. The predicted octanol–water partition coefficient (Wildman–Crippen LogP) is 4.01. The van der Waals surface area contributed by atoms with Gasteiger partial charge in [0.05, 0.1) is 11.5 Å². The Labute approximate surface area is 99.2 Å². The molecule has 0 spiro atoms. The average molecular weight is 264 g/mol. The SMILES string of the molecule is Cc1cc(C)c(Br)c(C2(C#N)CCC2)c1. The zero-order valence-electron chi connectivity index (χ0n) is 9.10. The third-order valence-electron chi connectivity index (χ3n) is 3.34. The van der Waals surface area contributed by atoms with Gasteiger partial charge in [0, 0.05) is 4.47 Å². The molecule has 1 aliphatic carbocycles. The number of nitrogens with zero attached hydrogens (tertiary/aromatic N) is 1. The van der Waals surface area contributed by atoms with Gasteiger partial charge in [0.15, 0.2) is 0 Å². The van der Waals surface area contributed by atoms with Crippen LogP contribution in [-0.2, 0) is 5.41 Å². The smallest absolute Gasteiger partial charge is 0.0833 e. The predicted molar refractivity (Wildman–Crippen MR) is 64.8 cm³/mol. The quantitative estimate of drug-likeness (QED) is 0.751. The fraction of sp³-hybridized carbons (Fsp3) is 0.462. The minimum absolute atomic E-state index is 0.213. The Balaban J connectivity index is 2.57. The summed E-state index contributed by atoms with van der Waals surface area (Å²) in [5, 5.41) is 9.33. The van der Waals surface area contributed by atoms with E-state index < -0.39 is 0 Å². The van der Waals surface area contributed by atoms with E-state index in [1.165, 1.54) is 23.1 Å². The summed E-state index contributed by atoms with van der Waals surface area (Å²) in [7, 11) is 0. The van der Waals surface area contributed by atoms with E-state index >= 15 is 0 Å². The van der Waals surface area contributed by atoms with Gasteiger partial charge in [-0.2, -0.15) is 5.26 Å². The van der Waals surface area contributed by atoms with Gasteiger partial charge >= 0.3 is 0 Å². The van der Waals surface area contributed by atoms with Crippen LogP contribution < -0.4 is 0 Å². The Hall–Kier alpha value is -0.810. The van der Waals surface area contributed by atoms with Gasteiger partial charge < -0.3 is 0 Å². The molecule has 2 heteroatoms. The van der Waals surface area contributed by atoms with Crippen molar-refractivity contribution in [1.82, 2.24) is 0 Å². The highest BCUT2D eigenvalue weighted by Crippen LogP contribution is 2.46. The molecule has 0 bridgehead atoms. The Morgan fingerprint density at radius 3 is 2.47 bits per heavy atom. The van der Waals surface area contributed by atoms with Crippen LogP contribution in [0.3, 0.4) is 0 Å². The van der Waals surface area contributed by atoms with E-state index in [9.17, 15) is 5.26 Å². The minimum atomic E-state index is -0.213. The summed E-state index contributed by atoms with van der Waals surface area (Å²) in [6.45, 7) is 4.18. The minimum Gasteiger partial charge on any atom is -0.197 e. The molecule has 0 aliphatic heterocycles. The van der Waals surface area contributed by atoms with Crippen LogP contribution in [0.1, 0.15) is 36.0 Å². The lowest BCUT2D eigenvalue weighted by atomic mass is 9.65. The standard InChI is InChI=1S/C13H14BrN/c1-9-6-10(2)12(14)11(7-9)13(8-15)4-3-5-13/h6-7H,3-5H2,1-2H3. The highest BCUT2D eigenvalue weighted by Gasteiger charge is 2.40. The summed E-state index contributed by atoms with van der Waals surface area (Å²) in [4.78, 5) is 0. The van der Waals surface area contributed by atoms with E-state index in [-0.39, 0.29) is 5.41 Å². The van der Waals surface area contributed by atoms with Crippen molar-refractivity contribution in [3.63, 3.8) is 0 Å². The van der Waals surface area contributed by atoms with Crippen LogP contribution in [0.4, 0.5) is 0 Å². The van der Waals surface area contributed by atoms with E-state index in [2.05, 4.69) is 48.0 Å². The van der Waals surface area contributed by atoms with Crippen LogP contribution in [0, 0.1) is 25.2 Å². The van der Waals surface area contributed by atoms with Crippen molar-refractivity contribution in [3.05, 3.63) is 33.3 Å². The molecule has 0 heterocycles. The fourth-order valence-corrected chi connectivity index (χ4v) is 2.88. The van der Waals surface area contributed by atoms with Gasteiger partial charge in [-0.3, -0.25) is 0 Å². The van der Waals surface area contributed by atoms with Crippen molar-refractivity contribution in [1.29, 1.82) is 5.26 Å². The van der Waals surface area contributed by atoms with Gasteiger partial charge in [0.2, 0.25) is 0 Å². The number of halogens is 1. The number of aryl methyl sites for hydroxylation is 2. The summed E-state index contributed by atoms with van der Waals surface area (Å²) in [5.74, 6) is 0. The van der Waals surface area contributed by atoms with Gasteiger partial charge in [-0.1, -0.05) is 33.6 Å². The highest BCUT2D eigenvalue weighted by atomic mass is 79.9. The molecular weight excluding hydrogens is 250 g/mol. The number of nitriles is 1. The van der Waals surface area contributed by atoms with Crippen molar-refractivity contribution in [3.8, 4) is 6.07 Å². The summed E-state index contributed by atoms with van der Waals surface area (Å²) in [6.07, 6.45) is 3.18. The lowest BCUT2D eigenvalue weighted by Crippen LogP contribution is -2.33. The van der Waals surface area contributed by atoms with Gasteiger partial charge in [0.25, 0.3) is 0 Å². The molecule has 0 amide bonds. The third kappa shape index (κ3) is 1.59. The molecule has 78 valence electrons. The average Bonchev–Trinajstić information content (AvgIpc) is 2.12. The van der Waals surface area contributed by atoms with E-state index in [1.54, 1.807) is 0 Å². The molecule has 0 unspecified atom stereocenters. The molecule has 1 aromatic carbocycles. The number of rotatable bonds is 1.